The number of anilines is 1. The molecule has 1 aromatic rings. The number of amides is 2. The maximum absolute atomic E-state index is 12.2. The molecule has 108 valence electrons. The predicted molar refractivity (Wildman–Crippen MR) is 78.4 cm³/mol. The van der Waals surface area contributed by atoms with Crippen LogP contribution in [-0.4, -0.2) is 31.4 Å². The van der Waals surface area contributed by atoms with Crippen LogP contribution in [0.15, 0.2) is 24.3 Å². The van der Waals surface area contributed by atoms with Crippen LogP contribution in [0.1, 0.15) is 24.8 Å². The molecule has 0 spiro atoms. The van der Waals surface area contributed by atoms with Crippen molar-refractivity contribution in [2.24, 2.45) is 5.73 Å². The fraction of sp³-hybridized carbons (Fsp3) is 0.467. The molecule has 0 radical (unpaired) electrons. The Morgan fingerprint density at radius 3 is 2.85 bits per heavy atom. The summed E-state index contributed by atoms with van der Waals surface area (Å²) >= 11 is 0. The molecule has 1 heterocycles. The molecule has 0 saturated heterocycles. The molecule has 0 aliphatic carbocycles. The van der Waals surface area contributed by atoms with Crippen LogP contribution in [0.3, 0.4) is 0 Å². The lowest BCUT2D eigenvalue weighted by atomic mass is 10.2. The number of nitrogens with one attached hydrogen (secondary N) is 1. The summed E-state index contributed by atoms with van der Waals surface area (Å²) < 4.78 is 0. The summed E-state index contributed by atoms with van der Waals surface area (Å²) in [5, 5.41) is 2.76. The molecule has 20 heavy (non-hydrogen) atoms. The highest BCUT2D eigenvalue weighted by Gasteiger charge is 2.23. The smallest absolute Gasteiger partial charge is 0.227 e. The highest BCUT2D eigenvalue weighted by Crippen LogP contribution is 2.27. The number of nitrogens with two attached hydrogens (primary N) is 1. The van der Waals surface area contributed by atoms with Crippen LogP contribution in [0.2, 0.25) is 0 Å². The minimum absolute atomic E-state index is 0.0496. The molecule has 0 fully saturated rings. The van der Waals surface area contributed by atoms with E-state index in [4.69, 9.17) is 5.73 Å². The maximum Gasteiger partial charge on any atom is 0.227 e. The summed E-state index contributed by atoms with van der Waals surface area (Å²) in [5.41, 5.74) is 7.55. The monoisotopic (exact) mass is 275 g/mol. The predicted octanol–water partition coefficient (Wildman–Crippen LogP) is 0.821. The molecule has 2 rings (SSSR count). The summed E-state index contributed by atoms with van der Waals surface area (Å²) in [6.07, 6.45) is 2.38. The third-order valence-electron chi connectivity index (χ3n) is 3.45. The summed E-state index contributed by atoms with van der Waals surface area (Å²) in [7, 11) is 0. The van der Waals surface area contributed by atoms with Gasteiger partial charge in [0, 0.05) is 38.2 Å². The van der Waals surface area contributed by atoms with E-state index >= 15 is 0 Å². The zero-order valence-electron chi connectivity index (χ0n) is 11.6. The average Bonchev–Trinajstić information content (AvgIpc) is 2.87. The van der Waals surface area contributed by atoms with E-state index in [0.29, 0.717) is 32.4 Å². The van der Waals surface area contributed by atoms with Gasteiger partial charge in [-0.2, -0.15) is 0 Å². The van der Waals surface area contributed by atoms with Crippen molar-refractivity contribution < 1.29 is 9.59 Å². The van der Waals surface area contributed by atoms with E-state index in [1.165, 1.54) is 5.56 Å². The van der Waals surface area contributed by atoms with E-state index in [-0.39, 0.29) is 11.8 Å². The first-order chi connectivity index (χ1) is 9.72. The van der Waals surface area contributed by atoms with Gasteiger partial charge in [-0.3, -0.25) is 9.59 Å². The van der Waals surface area contributed by atoms with Crippen molar-refractivity contribution in [2.75, 3.05) is 24.5 Å². The van der Waals surface area contributed by atoms with E-state index in [2.05, 4.69) is 11.4 Å². The summed E-state index contributed by atoms with van der Waals surface area (Å²) in [6.45, 7) is 1.65. The van der Waals surface area contributed by atoms with Gasteiger partial charge in [-0.15, -0.1) is 0 Å². The van der Waals surface area contributed by atoms with Gasteiger partial charge in [0.1, 0.15) is 0 Å². The SMILES string of the molecule is NCCC(=O)NCCCC(=O)N1CCc2ccccc21. The zero-order valence-corrected chi connectivity index (χ0v) is 11.6. The zero-order chi connectivity index (χ0) is 14.4. The molecule has 1 aromatic carbocycles. The van der Waals surface area contributed by atoms with Crippen molar-refractivity contribution in [1.29, 1.82) is 0 Å². The van der Waals surface area contributed by atoms with Gasteiger partial charge in [-0.05, 0) is 24.5 Å². The molecule has 0 atom stereocenters. The number of hydrogen-bond acceptors (Lipinski definition) is 3. The molecular weight excluding hydrogens is 254 g/mol. The number of benzene rings is 1. The second kappa shape index (κ2) is 7.05. The number of nitrogens with zero attached hydrogens (tertiary/aromatic N) is 1. The van der Waals surface area contributed by atoms with E-state index in [1.807, 2.05) is 23.1 Å². The van der Waals surface area contributed by atoms with E-state index in [1.54, 1.807) is 0 Å². The van der Waals surface area contributed by atoms with E-state index < -0.39 is 0 Å². The molecule has 0 saturated carbocycles. The van der Waals surface area contributed by atoms with Gasteiger partial charge >= 0.3 is 0 Å². The first-order valence-electron chi connectivity index (χ1n) is 7.07. The van der Waals surface area contributed by atoms with Crippen LogP contribution >= 0.6 is 0 Å². The molecular formula is C15H21N3O2. The minimum Gasteiger partial charge on any atom is -0.356 e. The van der Waals surface area contributed by atoms with Gasteiger partial charge < -0.3 is 16.0 Å². The number of para-hydroxylation sites is 1. The summed E-state index contributed by atoms with van der Waals surface area (Å²) in [5.74, 6) is 0.0782. The van der Waals surface area contributed by atoms with Crippen LogP contribution in [0.4, 0.5) is 5.69 Å². The van der Waals surface area contributed by atoms with Crippen molar-refractivity contribution in [2.45, 2.75) is 25.7 Å². The van der Waals surface area contributed by atoms with Crippen LogP contribution in [0.5, 0.6) is 0 Å². The first kappa shape index (κ1) is 14.5. The summed E-state index contributed by atoms with van der Waals surface area (Å²) in [4.78, 5) is 25.2. The standard InChI is InChI=1S/C15H21N3O2/c16-9-7-14(19)17-10-3-6-15(20)18-11-8-12-4-1-2-5-13(12)18/h1-2,4-5H,3,6-11,16H2,(H,17,19). The summed E-state index contributed by atoms with van der Waals surface area (Å²) in [6, 6.07) is 8.01. The Kier molecular flexibility index (Phi) is 5.12. The molecule has 0 aromatic heterocycles. The van der Waals surface area contributed by atoms with Gasteiger partial charge in [-0.25, -0.2) is 0 Å². The molecule has 0 bridgehead atoms. The Bertz CT molecular complexity index is 488. The Labute approximate surface area is 119 Å². The van der Waals surface area contributed by atoms with Crippen LogP contribution in [0, 0.1) is 0 Å². The van der Waals surface area contributed by atoms with Crippen LogP contribution < -0.4 is 16.0 Å². The first-order valence-corrected chi connectivity index (χ1v) is 7.07. The van der Waals surface area contributed by atoms with Crippen molar-refractivity contribution in [3.63, 3.8) is 0 Å². The van der Waals surface area contributed by atoms with Gasteiger partial charge in [0.15, 0.2) is 0 Å². The lowest BCUT2D eigenvalue weighted by Crippen LogP contribution is -2.31. The Morgan fingerprint density at radius 2 is 2.05 bits per heavy atom. The van der Waals surface area contributed by atoms with Gasteiger partial charge in [0.25, 0.3) is 0 Å². The van der Waals surface area contributed by atoms with Crippen molar-refractivity contribution in [3.8, 4) is 0 Å². The third kappa shape index (κ3) is 3.57. The molecule has 2 amide bonds. The molecule has 5 nitrogen and oxygen atoms in total. The topological polar surface area (TPSA) is 75.4 Å². The fourth-order valence-corrected chi connectivity index (χ4v) is 2.42. The quantitative estimate of drug-likeness (QED) is 0.755. The highest BCUT2D eigenvalue weighted by molar-refractivity contribution is 5.95. The Balaban J connectivity index is 1.75. The average molecular weight is 275 g/mol. The Hall–Kier alpha value is -1.88. The fourth-order valence-electron chi connectivity index (χ4n) is 2.42. The van der Waals surface area contributed by atoms with Crippen molar-refractivity contribution in [1.82, 2.24) is 5.32 Å². The van der Waals surface area contributed by atoms with E-state index in [0.717, 1.165) is 18.7 Å². The number of fused-ring (bicyclic) bond motifs is 1. The number of rotatable bonds is 6. The van der Waals surface area contributed by atoms with Gasteiger partial charge in [-0.1, -0.05) is 18.2 Å². The van der Waals surface area contributed by atoms with E-state index in [9.17, 15) is 9.59 Å². The third-order valence-corrected chi connectivity index (χ3v) is 3.45. The molecule has 1 aliphatic rings. The number of carbonyl (C=O) groups is 2. The second-order valence-electron chi connectivity index (χ2n) is 4.92. The normalized spacial score (nSPS) is 13.2. The van der Waals surface area contributed by atoms with Gasteiger partial charge in [0.2, 0.25) is 11.8 Å². The molecule has 5 heteroatoms. The maximum atomic E-state index is 12.2. The largest absolute Gasteiger partial charge is 0.356 e. The number of carbonyl (C=O) groups excluding carboxylic acids is 2. The van der Waals surface area contributed by atoms with Gasteiger partial charge in [0.05, 0.1) is 0 Å². The lowest BCUT2D eigenvalue weighted by Gasteiger charge is -2.17. The molecule has 0 unspecified atom stereocenters. The second-order valence-corrected chi connectivity index (χ2v) is 4.92. The lowest BCUT2D eigenvalue weighted by molar-refractivity contribution is -0.121. The Morgan fingerprint density at radius 1 is 1.25 bits per heavy atom. The number of hydrogen-bond donors (Lipinski definition) is 2. The molecule has 1 aliphatic heterocycles. The highest BCUT2D eigenvalue weighted by atomic mass is 16.2. The van der Waals surface area contributed by atoms with Crippen LogP contribution in [0.25, 0.3) is 0 Å². The van der Waals surface area contributed by atoms with Crippen LogP contribution in [-0.2, 0) is 16.0 Å². The minimum atomic E-state index is -0.0496. The van der Waals surface area contributed by atoms with Crippen molar-refractivity contribution in [3.05, 3.63) is 29.8 Å². The molecule has 3 N–H and O–H groups in total. The van der Waals surface area contributed by atoms with Crippen molar-refractivity contribution >= 4 is 17.5 Å².